The van der Waals surface area contributed by atoms with Crippen LogP contribution >= 0.6 is 0 Å². The molecule has 0 radical (unpaired) electrons. The normalized spacial score (nSPS) is 18.2. The maximum atomic E-state index is 12.5. The zero-order valence-electron chi connectivity index (χ0n) is 11.4. The molecule has 20 heavy (non-hydrogen) atoms. The van der Waals surface area contributed by atoms with E-state index in [1.807, 2.05) is 53.4 Å². The molecule has 102 valence electrons. The molecule has 0 N–H and O–H groups in total. The summed E-state index contributed by atoms with van der Waals surface area (Å²) in [6.07, 6.45) is 4.34. The highest BCUT2D eigenvalue weighted by Gasteiger charge is 2.30. The van der Waals surface area contributed by atoms with Gasteiger partial charge in [0.25, 0.3) is 0 Å². The number of carbonyl (C=O) groups is 1. The van der Waals surface area contributed by atoms with Gasteiger partial charge in [-0.25, -0.2) is 0 Å². The molecule has 0 aliphatic carbocycles. The van der Waals surface area contributed by atoms with E-state index in [9.17, 15) is 4.79 Å². The minimum Gasteiger partial charge on any atom is -0.334 e. The van der Waals surface area contributed by atoms with E-state index in [1.165, 1.54) is 0 Å². The fourth-order valence-electron chi connectivity index (χ4n) is 2.82. The number of likely N-dealkylation sites (tertiary alicyclic amines) is 1. The molecular formula is C17H18N2O. The Bertz CT molecular complexity index is 568. The first-order chi connectivity index (χ1) is 9.84. The van der Waals surface area contributed by atoms with Crippen molar-refractivity contribution in [3.63, 3.8) is 0 Å². The summed E-state index contributed by atoms with van der Waals surface area (Å²) in [5.74, 6) is 0.198. The Morgan fingerprint density at radius 1 is 1.15 bits per heavy atom. The number of nitrogens with zero attached hydrogens (tertiary/aromatic N) is 2. The smallest absolute Gasteiger partial charge is 0.227 e. The number of hydrogen-bond donors (Lipinski definition) is 0. The third-order valence-corrected chi connectivity index (χ3v) is 3.80. The van der Waals surface area contributed by atoms with Crippen LogP contribution in [0.15, 0.2) is 54.7 Å². The second kappa shape index (κ2) is 5.87. The van der Waals surface area contributed by atoms with Crippen molar-refractivity contribution in [2.75, 3.05) is 6.54 Å². The summed E-state index contributed by atoms with van der Waals surface area (Å²) in [5.41, 5.74) is 2.08. The van der Waals surface area contributed by atoms with Gasteiger partial charge in [0.1, 0.15) is 0 Å². The Morgan fingerprint density at radius 2 is 1.95 bits per heavy atom. The van der Waals surface area contributed by atoms with Gasteiger partial charge in [0, 0.05) is 12.7 Å². The lowest BCUT2D eigenvalue weighted by atomic mass is 10.1. The van der Waals surface area contributed by atoms with Crippen LogP contribution in [0.4, 0.5) is 0 Å². The Balaban J connectivity index is 1.74. The zero-order chi connectivity index (χ0) is 13.8. The Labute approximate surface area is 119 Å². The Hall–Kier alpha value is -2.16. The maximum absolute atomic E-state index is 12.5. The summed E-state index contributed by atoms with van der Waals surface area (Å²) in [6, 6.07) is 16.0. The molecule has 0 bridgehead atoms. The van der Waals surface area contributed by atoms with Gasteiger partial charge < -0.3 is 4.90 Å². The van der Waals surface area contributed by atoms with Gasteiger partial charge in [-0.3, -0.25) is 9.78 Å². The van der Waals surface area contributed by atoms with Crippen molar-refractivity contribution in [2.45, 2.75) is 25.3 Å². The molecule has 1 fully saturated rings. The van der Waals surface area contributed by atoms with Crippen molar-refractivity contribution in [3.05, 3.63) is 66.0 Å². The second-order valence-corrected chi connectivity index (χ2v) is 5.16. The van der Waals surface area contributed by atoms with Crippen molar-refractivity contribution in [2.24, 2.45) is 0 Å². The molecule has 1 saturated heterocycles. The molecule has 3 nitrogen and oxygen atoms in total. The average molecular weight is 266 g/mol. The van der Waals surface area contributed by atoms with Gasteiger partial charge >= 0.3 is 0 Å². The molecule has 1 amide bonds. The molecule has 1 aliphatic heterocycles. The van der Waals surface area contributed by atoms with Crippen LogP contribution in [0.3, 0.4) is 0 Å². The van der Waals surface area contributed by atoms with E-state index in [4.69, 9.17) is 0 Å². The summed E-state index contributed by atoms with van der Waals surface area (Å²) in [7, 11) is 0. The van der Waals surface area contributed by atoms with Gasteiger partial charge in [-0.15, -0.1) is 0 Å². The monoisotopic (exact) mass is 266 g/mol. The van der Waals surface area contributed by atoms with E-state index in [0.29, 0.717) is 6.42 Å². The first-order valence-electron chi connectivity index (χ1n) is 7.09. The highest BCUT2D eigenvalue weighted by Crippen LogP contribution is 2.30. The molecule has 1 aromatic heterocycles. The molecular weight excluding hydrogens is 248 g/mol. The van der Waals surface area contributed by atoms with E-state index >= 15 is 0 Å². The molecule has 1 unspecified atom stereocenters. The lowest BCUT2D eigenvalue weighted by Crippen LogP contribution is -2.32. The van der Waals surface area contributed by atoms with Gasteiger partial charge in [0.2, 0.25) is 5.91 Å². The lowest BCUT2D eigenvalue weighted by Gasteiger charge is -2.24. The van der Waals surface area contributed by atoms with Crippen LogP contribution in [0.1, 0.15) is 30.1 Å². The zero-order valence-corrected chi connectivity index (χ0v) is 11.4. The quantitative estimate of drug-likeness (QED) is 0.855. The third-order valence-electron chi connectivity index (χ3n) is 3.80. The standard InChI is InChI=1S/C17H18N2O/c20-17(13-14-7-2-1-3-8-14)19-12-6-10-16(19)15-9-4-5-11-18-15/h1-5,7-9,11,16H,6,10,12-13H2. The van der Waals surface area contributed by atoms with E-state index in [2.05, 4.69) is 4.98 Å². The molecule has 1 aliphatic rings. The largest absolute Gasteiger partial charge is 0.334 e. The molecule has 2 heterocycles. The Morgan fingerprint density at radius 3 is 2.70 bits per heavy atom. The topological polar surface area (TPSA) is 33.2 Å². The highest BCUT2D eigenvalue weighted by atomic mass is 16.2. The summed E-state index contributed by atoms with van der Waals surface area (Å²) in [5, 5.41) is 0. The van der Waals surface area contributed by atoms with E-state index in [0.717, 1.165) is 30.6 Å². The van der Waals surface area contributed by atoms with Gasteiger partial charge in [-0.2, -0.15) is 0 Å². The number of aromatic nitrogens is 1. The molecule has 0 saturated carbocycles. The van der Waals surface area contributed by atoms with Crippen molar-refractivity contribution in [3.8, 4) is 0 Å². The Kier molecular flexibility index (Phi) is 3.77. The minimum atomic E-state index is 0.146. The van der Waals surface area contributed by atoms with E-state index in [1.54, 1.807) is 6.20 Å². The van der Waals surface area contributed by atoms with Crippen LogP contribution in [-0.4, -0.2) is 22.3 Å². The van der Waals surface area contributed by atoms with Crippen molar-refractivity contribution in [1.29, 1.82) is 0 Å². The predicted molar refractivity (Wildman–Crippen MR) is 78.1 cm³/mol. The van der Waals surface area contributed by atoms with E-state index in [-0.39, 0.29) is 11.9 Å². The van der Waals surface area contributed by atoms with Crippen LogP contribution in [0.5, 0.6) is 0 Å². The summed E-state index contributed by atoms with van der Waals surface area (Å²) >= 11 is 0. The number of carbonyl (C=O) groups excluding carboxylic acids is 1. The van der Waals surface area contributed by atoms with Gasteiger partial charge in [0.15, 0.2) is 0 Å². The maximum Gasteiger partial charge on any atom is 0.227 e. The highest BCUT2D eigenvalue weighted by molar-refractivity contribution is 5.79. The van der Waals surface area contributed by atoms with Crippen molar-refractivity contribution >= 4 is 5.91 Å². The number of amides is 1. The third kappa shape index (κ3) is 2.72. The van der Waals surface area contributed by atoms with Crippen molar-refractivity contribution < 1.29 is 4.79 Å². The fourth-order valence-corrected chi connectivity index (χ4v) is 2.82. The SMILES string of the molecule is O=C(Cc1ccccc1)N1CCCC1c1ccccn1. The number of rotatable bonds is 3. The fraction of sp³-hybridized carbons (Fsp3) is 0.294. The van der Waals surface area contributed by atoms with Crippen LogP contribution < -0.4 is 0 Å². The van der Waals surface area contributed by atoms with Crippen LogP contribution in [0.25, 0.3) is 0 Å². The molecule has 3 heteroatoms. The lowest BCUT2D eigenvalue weighted by molar-refractivity contribution is -0.131. The molecule has 1 atom stereocenters. The molecule has 3 rings (SSSR count). The molecule has 0 spiro atoms. The summed E-state index contributed by atoms with van der Waals surface area (Å²) in [4.78, 5) is 18.9. The van der Waals surface area contributed by atoms with Gasteiger partial charge in [0.05, 0.1) is 18.2 Å². The van der Waals surface area contributed by atoms with Crippen LogP contribution in [0, 0.1) is 0 Å². The summed E-state index contributed by atoms with van der Waals surface area (Å²) < 4.78 is 0. The summed E-state index contributed by atoms with van der Waals surface area (Å²) in [6.45, 7) is 0.840. The average Bonchev–Trinajstić information content (AvgIpc) is 2.99. The van der Waals surface area contributed by atoms with Crippen LogP contribution in [-0.2, 0) is 11.2 Å². The molecule has 1 aromatic carbocycles. The molecule has 2 aromatic rings. The van der Waals surface area contributed by atoms with Crippen molar-refractivity contribution in [1.82, 2.24) is 9.88 Å². The van der Waals surface area contributed by atoms with Crippen LogP contribution in [0.2, 0.25) is 0 Å². The minimum absolute atomic E-state index is 0.146. The van der Waals surface area contributed by atoms with E-state index < -0.39 is 0 Å². The predicted octanol–water partition coefficient (Wildman–Crippen LogP) is 2.99. The van der Waals surface area contributed by atoms with Gasteiger partial charge in [-0.05, 0) is 30.5 Å². The first-order valence-corrected chi connectivity index (χ1v) is 7.09. The first kappa shape index (κ1) is 12.9. The number of hydrogen-bond acceptors (Lipinski definition) is 2. The second-order valence-electron chi connectivity index (χ2n) is 5.16. The number of benzene rings is 1. The van der Waals surface area contributed by atoms with Gasteiger partial charge in [-0.1, -0.05) is 36.4 Å². The number of pyridine rings is 1.